The van der Waals surface area contributed by atoms with E-state index in [4.69, 9.17) is 7.16 Å². The molecule has 0 unspecified atom stereocenters. The molecule has 10 rings (SSSR count). The summed E-state index contributed by atoms with van der Waals surface area (Å²) in [6.07, 6.45) is 0. The molecule has 0 saturated carbocycles. The van der Waals surface area contributed by atoms with Crippen molar-refractivity contribution in [2.45, 2.75) is 0 Å². The first-order valence-electron chi connectivity index (χ1n) is 17.7. The molecule has 0 aliphatic rings. The second-order valence-electron chi connectivity index (χ2n) is 12.6. The minimum absolute atomic E-state index is 0.437. The quantitative estimate of drug-likeness (QED) is 0.178. The number of fused-ring (bicyclic) bond motifs is 6. The van der Waals surface area contributed by atoms with E-state index in [1.807, 2.05) is 36.4 Å². The first-order valence-corrected chi connectivity index (χ1v) is 16.7. The van der Waals surface area contributed by atoms with Gasteiger partial charge in [-0.1, -0.05) is 164 Å². The second kappa shape index (κ2) is 11.1. The van der Waals surface area contributed by atoms with Crippen molar-refractivity contribution in [3.05, 3.63) is 182 Å². The fraction of sp³-hybridized carbons (Fsp3) is 0. The number of hydrogen-bond acceptors (Lipinski definition) is 1. The van der Waals surface area contributed by atoms with Crippen molar-refractivity contribution >= 4 is 54.3 Å². The predicted octanol–water partition coefficient (Wildman–Crippen LogP) is 13.7. The predicted molar refractivity (Wildman–Crippen MR) is 208 cm³/mol. The highest BCUT2D eigenvalue weighted by Gasteiger charge is 2.22. The molecule has 0 bridgehead atoms. The molecule has 1 heteroatoms. The Bertz CT molecular complexity index is 2950. The number of furan rings is 1. The first kappa shape index (κ1) is 25.6. The summed E-state index contributed by atoms with van der Waals surface area (Å²) in [5.74, 6) is 0. The van der Waals surface area contributed by atoms with Crippen LogP contribution in [0.2, 0.25) is 0 Å². The lowest BCUT2D eigenvalue weighted by Crippen LogP contribution is -1.94. The van der Waals surface area contributed by atoms with Gasteiger partial charge in [0, 0.05) is 10.8 Å². The van der Waals surface area contributed by atoms with E-state index in [1.54, 1.807) is 6.07 Å². The van der Waals surface area contributed by atoms with E-state index in [-0.39, 0.29) is 0 Å². The Balaban J connectivity index is 1.26. The fourth-order valence-electron chi connectivity index (χ4n) is 7.83. The normalized spacial score (nSPS) is 12.2. The largest absolute Gasteiger partial charge is 0.456 e. The molecule has 0 spiro atoms. The van der Waals surface area contributed by atoms with Crippen LogP contribution < -0.4 is 0 Å². The zero-order chi connectivity index (χ0) is 34.1. The highest BCUT2D eigenvalue weighted by Crippen LogP contribution is 2.49. The smallest absolute Gasteiger partial charge is 0.136 e. The molecule has 10 aromatic rings. The molecule has 0 radical (unpaired) electrons. The number of para-hydroxylation sites is 1. The molecule has 0 atom stereocenters. The summed E-state index contributed by atoms with van der Waals surface area (Å²) >= 11 is 0. The standard InChI is InChI=1S/C48H30O/c1-2-15-32-30-33(29-28-31(32)14-1)34-16-3-5-18-36(34)46-39-20-7-9-22-41(39)47(42-23-10-8-21-40(42)46)37-19-6-4-17-35(37)38-25-13-27-45-48(38)43-24-11-12-26-44(43)49-45/h1-30H/i1D,12D. The van der Waals surface area contributed by atoms with Crippen LogP contribution in [-0.4, -0.2) is 0 Å². The van der Waals surface area contributed by atoms with Crippen LogP contribution in [0.5, 0.6) is 0 Å². The Morgan fingerprint density at radius 3 is 1.61 bits per heavy atom. The first-order chi connectivity index (χ1) is 25.1. The van der Waals surface area contributed by atoms with Crippen molar-refractivity contribution in [2.24, 2.45) is 0 Å². The molecule has 0 aliphatic carbocycles. The van der Waals surface area contributed by atoms with E-state index in [0.717, 1.165) is 55.0 Å². The SMILES string of the molecule is [2H]c1ccc2cc(-c3ccccc3-c3c4ccccc4c(-c4ccccc4-c4cccc5oc6cc([2H])ccc6c45)c4ccccc34)ccc2c1. The topological polar surface area (TPSA) is 13.1 Å². The monoisotopic (exact) mass is 624 g/mol. The summed E-state index contributed by atoms with van der Waals surface area (Å²) in [6, 6.07) is 60.3. The zero-order valence-corrected chi connectivity index (χ0v) is 26.6. The molecule has 49 heavy (non-hydrogen) atoms. The minimum atomic E-state index is 0.437. The van der Waals surface area contributed by atoms with Crippen molar-refractivity contribution < 1.29 is 7.16 Å². The van der Waals surface area contributed by atoms with Crippen molar-refractivity contribution in [2.75, 3.05) is 0 Å². The van der Waals surface area contributed by atoms with E-state index in [0.29, 0.717) is 12.1 Å². The maximum absolute atomic E-state index is 8.18. The molecule has 0 saturated heterocycles. The van der Waals surface area contributed by atoms with E-state index >= 15 is 0 Å². The van der Waals surface area contributed by atoms with Crippen LogP contribution in [0, 0.1) is 0 Å². The minimum Gasteiger partial charge on any atom is -0.456 e. The molecule has 0 aliphatic heterocycles. The molecule has 0 N–H and O–H groups in total. The molecular formula is C48H30O. The zero-order valence-electron chi connectivity index (χ0n) is 28.6. The molecule has 1 nitrogen and oxygen atoms in total. The van der Waals surface area contributed by atoms with Crippen LogP contribution in [0.15, 0.2) is 186 Å². The number of benzene rings is 9. The van der Waals surface area contributed by atoms with Crippen LogP contribution in [0.1, 0.15) is 2.74 Å². The molecular weight excluding hydrogens is 593 g/mol. The molecule has 9 aromatic carbocycles. The Morgan fingerprint density at radius 1 is 0.347 bits per heavy atom. The van der Waals surface area contributed by atoms with Crippen LogP contribution in [0.4, 0.5) is 0 Å². The summed E-state index contributed by atoms with van der Waals surface area (Å²) in [5, 5.41) is 9.06. The fourth-order valence-corrected chi connectivity index (χ4v) is 7.83. The van der Waals surface area contributed by atoms with Gasteiger partial charge in [-0.05, 0) is 95.0 Å². The average molecular weight is 625 g/mol. The molecule has 228 valence electrons. The highest BCUT2D eigenvalue weighted by molar-refractivity contribution is 6.24. The van der Waals surface area contributed by atoms with Crippen LogP contribution >= 0.6 is 0 Å². The van der Waals surface area contributed by atoms with Crippen molar-refractivity contribution in [1.82, 2.24) is 0 Å². The average Bonchev–Trinajstić information content (AvgIpc) is 3.54. The van der Waals surface area contributed by atoms with Crippen LogP contribution in [0.3, 0.4) is 0 Å². The third-order valence-electron chi connectivity index (χ3n) is 9.95. The summed E-state index contributed by atoms with van der Waals surface area (Å²) in [4.78, 5) is 0. The van der Waals surface area contributed by atoms with Gasteiger partial charge in [-0.25, -0.2) is 0 Å². The Morgan fingerprint density at radius 2 is 0.898 bits per heavy atom. The maximum Gasteiger partial charge on any atom is 0.136 e. The number of hydrogen-bond donors (Lipinski definition) is 0. The van der Waals surface area contributed by atoms with E-state index in [9.17, 15) is 0 Å². The third-order valence-corrected chi connectivity index (χ3v) is 9.95. The second-order valence-corrected chi connectivity index (χ2v) is 12.6. The summed E-state index contributed by atoms with van der Waals surface area (Å²) in [7, 11) is 0. The summed E-state index contributed by atoms with van der Waals surface area (Å²) < 4.78 is 22.6. The summed E-state index contributed by atoms with van der Waals surface area (Å²) in [5.41, 5.74) is 10.9. The van der Waals surface area contributed by atoms with E-state index in [2.05, 4.69) is 127 Å². The molecule has 0 amide bonds. The van der Waals surface area contributed by atoms with Gasteiger partial charge in [0.1, 0.15) is 11.2 Å². The van der Waals surface area contributed by atoms with Crippen LogP contribution in [-0.2, 0) is 0 Å². The summed E-state index contributed by atoms with van der Waals surface area (Å²) in [6.45, 7) is 0. The van der Waals surface area contributed by atoms with Crippen LogP contribution in [0.25, 0.3) is 98.8 Å². The lowest BCUT2D eigenvalue weighted by molar-refractivity contribution is 0.669. The van der Waals surface area contributed by atoms with E-state index < -0.39 is 0 Å². The molecule has 0 fully saturated rings. The lowest BCUT2D eigenvalue weighted by atomic mass is 9.82. The highest BCUT2D eigenvalue weighted by atomic mass is 16.3. The van der Waals surface area contributed by atoms with Gasteiger partial charge < -0.3 is 4.42 Å². The third kappa shape index (κ3) is 4.33. The van der Waals surface area contributed by atoms with Gasteiger partial charge in [0.05, 0.1) is 2.74 Å². The van der Waals surface area contributed by atoms with Gasteiger partial charge in [0.15, 0.2) is 0 Å². The van der Waals surface area contributed by atoms with Gasteiger partial charge in [0.25, 0.3) is 0 Å². The van der Waals surface area contributed by atoms with Gasteiger partial charge in [-0.15, -0.1) is 0 Å². The van der Waals surface area contributed by atoms with Crippen molar-refractivity contribution in [3.8, 4) is 44.5 Å². The van der Waals surface area contributed by atoms with Crippen molar-refractivity contribution in [3.63, 3.8) is 0 Å². The Labute approximate surface area is 287 Å². The molecule has 1 aromatic heterocycles. The van der Waals surface area contributed by atoms with Gasteiger partial charge in [0.2, 0.25) is 0 Å². The number of rotatable bonds is 4. The lowest BCUT2D eigenvalue weighted by Gasteiger charge is -2.21. The molecule has 1 heterocycles. The van der Waals surface area contributed by atoms with E-state index in [1.165, 1.54) is 43.8 Å². The maximum atomic E-state index is 8.18. The Kier molecular flexibility index (Phi) is 5.79. The van der Waals surface area contributed by atoms with Crippen molar-refractivity contribution in [1.29, 1.82) is 0 Å². The van der Waals surface area contributed by atoms with Gasteiger partial charge in [-0.3, -0.25) is 0 Å². The Hall–Kier alpha value is -6.44. The van der Waals surface area contributed by atoms with Gasteiger partial charge in [-0.2, -0.15) is 0 Å². The van der Waals surface area contributed by atoms with Gasteiger partial charge >= 0.3 is 0 Å².